The van der Waals surface area contributed by atoms with Gasteiger partial charge < -0.3 is 15.3 Å². The van der Waals surface area contributed by atoms with Gasteiger partial charge in [0.15, 0.2) is 0 Å². The van der Waals surface area contributed by atoms with E-state index in [-0.39, 0.29) is 52.7 Å². The Morgan fingerprint density at radius 3 is 2.31 bits per heavy atom. The highest BCUT2D eigenvalue weighted by Crippen LogP contribution is 2.69. The zero-order valence-corrected chi connectivity index (χ0v) is 21.3. The van der Waals surface area contributed by atoms with Crippen LogP contribution in [0.5, 0.6) is 0 Å². The molecule has 184 valence electrons. The summed E-state index contributed by atoms with van der Waals surface area (Å²) in [7, 11) is 0. The van der Waals surface area contributed by atoms with Gasteiger partial charge in [-0.05, 0) is 104 Å². The number of aliphatic hydroxyl groups excluding tert-OH is 3. The van der Waals surface area contributed by atoms with E-state index in [1.807, 2.05) is 6.92 Å². The molecule has 4 heteroatoms. The second-order valence-corrected chi connectivity index (χ2v) is 12.9. The third-order valence-corrected chi connectivity index (χ3v) is 11.7. The summed E-state index contributed by atoms with van der Waals surface area (Å²) in [5.74, 6) is 2.61. The van der Waals surface area contributed by atoms with Crippen LogP contribution in [0.2, 0.25) is 0 Å². The number of fused-ring (bicyclic) bond motifs is 5. The van der Waals surface area contributed by atoms with Gasteiger partial charge in [-0.15, -0.1) is 0 Å². The number of hydrogen-bond acceptors (Lipinski definition) is 4. The highest BCUT2D eigenvalue weighted by molar-refractivity contribution is 5.77. The lowest BCUT2D eigenvalue weighted by atomic mass is 9.41. The molecule has 0 amide bonds. The molecule has 0 saturated heterocycles. The van der Waals surface area contributed by atoms with Crippen molar-refractivity contribution in [2.75, 3.05) is 0 Å². The fraction of sp³-hybridized carbons (Fsp3) is 0.964. The third kappa shape index (κ3) is 3.53. The molecule has 0 aliphatic heterocycles. The number of hydrogen-bond donors (Lipinski definition) is 3. The summed E-state index contributed by atoms with van der Waals surface area (Å²) >= 11 is 0. The van der Waals surface area contributed by atoms with E-state index in [9.17, 15) is 20.1 Å². The average Bonchev–Trinajstić information content (AvgIpc) is 3.09. The SMILES string of the molecule is CCC1C(O)C2C(CC(O)C3(C)C(C(C)CC(C)C(C)=O)CCC23)C2(C)CCC(O)CC12. The molecule has 0 heterocycles. The lowest BCUT2D eigenvalue weighted by molar-refractivity contribution is -0.228. The molecule has 13 atom stereocenters. The number of rotatable bonds is 5. The van der Waals surface area contributed by atoms with E-state index in [0.717, 1.165) is 51.4 Å². The molecule has 3 N–H and O–H groups in total. The van der Waals surface area contributed by atoms with Crippen LogP contribution in [-0.4, -0.2) is 39.4 Å². The summed E-state index contributed by atoms with van der Waals surface area (Å²) < 4.78 is 0. The molecule has 0 aromatic carbocycles. The standard InChI is InChI=1S/C28H48O4/c1-7-19-22-13-18(30)10-11-27(22,5)23-14-24(31)28(6)20(16(3)12-15(2)17(4)29)8-9-21(28)25(23)26(19)32/h15-16,18-26,30-32H,7-14H2,1-6H3. The molecule has 4 saturated carbocycles. The first-order valence-corrected chi connectivity index (χ1v) is 13.5. The zero-order chi connectivity index (χ0) is 23.6. The second kappa shape index (κ2) is 8.64. The summed E-state index contributed by atoms with van der Waals surface area (Å²) in [6, 6.07) is 0. The topological polar surface area (TPSA) is 77.8 Å². The van der Waals surface area contributed by atoms with Gasteiger partial charge in [-0.1, -0.05) is 41.0 Å². The molecule has 0 bridgehead atoms. The Labute approximate surface area is 195 Å². The highest BCUT2D eigenvalue weighted by atomic mass is 16.3. The number of ketones is 1. The van der Waals surface area contributed by atoms with Crippen LogP contribution in [-0.2, 0) is 4.79 Å². The molecular weight excluding hydrogens is 400 g/mol. The molecule has 0 aromatic rings. The Hall–Kier alpha value is -0.450. The van der Waals surface area contributed by atoms with Crippen molar-refractivity contribution in [3.8, 4) is 0 Å². The number of carbonyl (C=O) groups excluding carboxylic acids is 1. The van der Waals surface area contributed by atoms with E-state index < -0.39 is 0 Å². The van der Waals surface area contributed by atoms with Crippen LogP contribution in [0.4, 0.5) is 0 Å². The molecule has 4 rings (SSSR count). The number of Topliss-reactive ketones (excluding diaryl/α,β-unsaturated/α-hetero) is 1. The summed E-state index contributed by atoms with van der Waals surface area (Å²) in [6.07, 6.45) is 6.52. The molecule has 32 heavy (non-hydrogen) atoms. The minimum atomic E-state index is -0.356. The molecule has 0 spiro atoms. The van der Waals surface area contributed by atoms with Crippen molar-refractivity contribution in [1.82, 2.24) is 0 Å². The van der Waals surface area contributed by atoms with Gasteiger partial charge in [0.25, 0.3) is 0 Å². The lowest BCUT2D eigenvalue weighted by Crippen LogP contribution is -2.65. The van der Waals surface area contributed by atoms with E-state index >= 15 is 0 Å². The quantitative estimate of drug-likeness (QED) is 0.563. The van der Waals surface area contributed by atoms with Crippen molar-refractivity contribution in [2.24, 2.45) is 58.2 Å². The predicted molar refractivity (Wildman–Crippen MR) is 127 cm³/mol. The third-order valence-electron chi connectivity index (χ3n) is 11.7. The number of carbonyl (C=O) groups is 1. The summed E-state index contributed by atoms with van der Waals surface area (Å²) in [4.78, 5) is 11.9. The van der Waals surface area contributed by atoms with Crippen LogP contribution >= 0.6 is 0 Å². The minimum Gasteiger partial charge on any atom is -0.393 e. The van der Waals surface area contributed by atoms with Gasteiger partial charge >= 0.3 is 0 Å². The Morgan fingerprint density at radius 2 is 1.69 bits per heavy atom. The van der Waals surface area contributed by atoms with Crippen molar-refractivity contribution in [3.63, 3.8) is 0 Å². The fourth-order valence-corrected chi connectivity index (χ4v) is 9.78. The van der Waals surface area contributed by atoms with Crippen molar-refractivity contribution in [1.29, 1.82) is 0 Å². The van der Waals surface area contributed by atoms with E-state index in [0.29, 0.717) is 29.6 Å². The normalized spacial score (nSPS) is 52.5. The van der Waals surface area contributed by atoms with E-state index in [1.54, 1.807) is 6.92 Å². The molecule has 0 aromatic heterocycles. The fourth-order valence-electron chi connectivity index (χ4n) is 9.78. The van der Waals surface area contributed by atoms with E-state index in [2.05, 4.69) is 27.7 Å². The van der Waals surface area contributed by atoms with E-state index in [1.165, 1.54) is 0 Å². The predicted octanol–water partition coefficient (Wildman–Crippen LogP) is 4.84. The average molecular weight is 449 g/mol. The molecular formula is C28H48O4. The van der Waals surface area contributed by atoms with Gasteiger partial charge in [-0.3, -0.25) is 4.79 Å². The molecule has 4 aliphatic carbocycles. The summed E-state index contributed by atoms with van der Waals surface area (Å²) in [5.41, 5.74) is -0.0906. The molecule has 4 fully saturated rings. The van der Waals surface area contributed by atoms with Gasteiger partial charge in [0.2, 0.25) is 0 Å². The van der Waals surface area contributed by atoms with Gasteiger partial charge in [-0.2, -0.15) is 0 Å². The van der Waals surface area contributed by atoms with Crippen molar-refractivity contribution in [3.05, 3.63) is 0 Å². The van der Waals surface area contributed by atoms with E-state index in [4.69, 9.17) is 0 Å². The zero-order valence-electron chi connectivity index (χ0n) is 21.3. The van der Waals surface area contributed by atoms with Gasteiger partial charge in [0.1, 0.15) is 5.78 Å². The van der Waals surface area contributed by atoms with Gasteiger partial charge in [0, 0.05) is 5.92 Å². The first-order chi connectivity index (χ1) is 15.0. The van der Waals surface area contributed by atoms with Crippen LogP contribution in [0.15, 0.2) is 0 Å². The van der Waals surface area contributed by atoms with Crippen molar-refractivity contribution >= 4 is 5.78 Å². The summed E-state index contributed by atoms with van der Waals surface area (Å²) in [6.45, 7) is 12.9. The number of aliphatic hydroxyl groups is 3. The maximum atomic E-state index is 11.9. The first-order valence-electron chi connectivity index (χ1n) is 13.5. The lowest BCUT2D eigenvalue weighted by Gasteiger charge is -2.65. The second-order valence-electron chi connectivity index (χ2n) is 12.9. The highest BCUT2D eigenvalue weighted by Gasteiger charge is 2.67. The maximum absolute atomic E-state index is 11.9. The minimum absolute atomic E-state index is 0.0687. The van der Waals surface area contributed by atoms with Crippen LogP contribution < -0.4 is 0 Å². The molecule has 4 nitrogen and oxygen atoms in total. The van der Waals surface area contributed by atoms with Gasteiger partial charge in [0.05, 0.1) is 18.3 Å². The van der Waals surface area contributed by atoms with Crippen molar-refractivity contribution < 1.29 is 20.1 Å². The Balaban J connectivity index is 1.66. The maximum Gasteiger partial charge on any atom is 0.132 e. The molecule has 13 unspecified atom stereocenters. The Kier molecular flexibility index (Phi) is 6.66. The smallest absolute Gasteiger partial charge is 0.132 e. The van der Waals surface area contributed by atoms with Crippen LogP contribution in [0.1, 0.15) is 92.9 Å². The van der Waals surface area contributed by atoms with Crippen LogP contribution in [0.3, 0.4) is 0 Å². The van der Waals surface area contributed by atoms with Crippen LogP contribution in [0.25, 0.3) is 0 Å². The van der Waals surface area contributed by atoms with Crippen LogP contribution in [0, 0.1) is 58.2 Å². The Bertz CT molecular complexity index is 708. The first kappa shape index (κ1) is 24.7. The monoisotopic (exact) mass is 448 g/mol. The summed E-state index contributed by atoms with van der Waals surface area (Å²) in [5, 5.41) is 33.9. The molecule has 4 aliphatic rings. The Morgan fingerprint density at radius 1 is 1.00 bits per heavy atom. The molecule has 0 radical (unpaired) electrons. The van der Waals surface area contributed by atoms with Gasteiger partial charge in [-0.25, -0.2) is 0 Å². The largest absolute Gasteiger partial charge is 0.393 e. The van der Waals surface area contributed by atoms with Crippen molar-refractivity contribution in [2.45, 2.75) is 111 Å².